The SMILES string of the molecule is CN(C)CCN(C)C(=O)c1ccc(COC2=CNC(N3CCN(C(=O)OC(C)(C)C)CC3)=NC2)cc1. The smallest absolute Gasteiger partial charge is 0.410 e. The molecular weight excluding hydrogens is 460 g/mol. The number of amides is 2. The van der Waals surface area contributed by atoms with Crippen molar-refractivity contribution in [2.24, 2.45) is 4.99 Å². The fourth-order valence-electron chi connectivity index (χ4n) is 3.69. The lowest BCUT2D eigenvalue weighted by Gasteiger charge is -2.37. The van der Waals surface area contributed by atoms with E-state index < -0.39 is 5.60 Å². The molecule has 198 valence electrons. The molecule has 1 fully saturated rings. The van der Waals surface area contributed by atoms with Crippen molar-refractivity contribution in [3.05, 3.63) is 47.4 Å². The van der Waals surface area contributed by atoms with Gasteiger partial charge in [-0.05, 0) is 52.6 Å². The van der Waals surface area contributed by atoms with Gasteiger partial charge in [0.05, 0.1) is 0 Å². The van der Waals surface area contributed by atoms with Crippen molar-refractivity contribution in [3.8, 4) is 0 Å². The van der Waals surface area contributed by atoms with Gasteiger partial charge in [-0.3, -0.25) is 4.79 Å². The minimum absolute atomic E-state index is 0.0114. The zero-order valence-electron chi connectivity index (χ0n) is 22.4. The molecule has 10 heteroatoms. The van der Waals surface area contributed by atoms with Gasteiger partial charge in [0.2, 0.25) is 0 Å². The predicted molar refractivity (Wildman–Crippen MR) is 140 cm³/mol. The van der Waals surface area contributed by atoms with Crippen LogP contribution in [0.3, 0.4) is 0 Å². The standard InChI is InChI=1S/C26H40N6O4/c1-26(2,3)36-25(34)32-15-13-31(14-16-32)24-27-17-22(18-28-24)35-19-20-7-9-21(10-8-20)23(33)30(6)12-11-29(4)5/h7-10,17H,11-16,18-19H2,1-6H3,(H,27,28). The van der Waals surface area contributed by atoms with Gasteiger partial charge in [-0.25, -0.2) is 9.79 Å². The summed E-state index contributed by atoms with van der Waals surface area (Å²) in [7, 11) is 5.80. The summed E-state index contributed by atoms with van der Waals surface area (Å²) >= 11 is 0. The quantitative estimate of drug-likeness (QED) is 0.614. The molecule has 2 aliphatic heterocycles. The zero-order valence-corrected chi connectivity index (χ0v) is 22.4. The maximum Gasteiger partial charge on any atom is 0.410 e. The molecule has 0 saturated carbocycles. The average molecular weight is 501 g/mol. The molecule has 1 aromatic rings. The van der Waals surface area contributed by atoms with Crippen molar-refractivity contribution < 1.29 is 19.1 Å². The second kappa shape index (κ2) is 12.1. The summed E-state index contributed by atoms with van der Waals surface area (Å²) in [6.45, 7) is 10.5. The van der Waals surface area contributed by atoms with Crippen molar-refractivity contribution in [3.63, 3.8) is 0 Å². The van der Waals surface area contributed by atoms with E-state index in [9.17, 15) is 9.59 Å². The average Bonchev–Trinajstić information content (AvgIpc) is 2.85. The monoisotopic (exact) mass is 500 g/mol. The van der Waals surface area contributed by atoms with Crippen LogP contribution in [-0.4, -0.2) is 110 Å². The summed E-state index contributed by atoms with van der Waals surface area (Å²) < 4.78 is 11.4. The van der Waals surface area contributed by atoms with E-state index in [1.807, 2.05) is 72.4 Å². The van der Waals surface area contributed by atoms with Gasteiger partial charge in [0.25, 0.3) is 5.91 Å². The molecule has 1 saturated heterocycles. The van der Waals surface area contributed by atoms with E-state index in [-0.39, 0.29) is 12.0 Å². The Morgan fingerprint density at radius 3 is 2.25 bits per heavy atom. The Bertz CT molecular complexity index is 960. The maximum absolute atomic E-state index is 12.6. The maximum atomic E-state index is 12.6. The first kappa shape index (κ1) is 27.3. The molecule has 0 atom stereocenters. The van der Waals surface area contributed by atoms with E-state index in [2.05, 4.69) is 20.1 Å². The second-order valence-electron chi connectivity index (χ2n) is 10.4. The molecule has 36 heavy (non-hydrogen) atoms. The number of guanidine groups is 1. The number of ether oxygens (including phenoxy) is 2. The molecule has 0 aromatic heterocycles. The van der Waals surface area contributed by atoms with E-state index in [4.69, 9.17) is 9.47 Å². The van der Waals surface area contributed by atoms with Gasteiger partial charge >= 0.3 is 6.09 Å². The van der Waals surface area contributed by atoms with Gasteiger partial charge in [-0.15, -0.1) is 0 Å². The van der Waals surface area contributed by atoms with Crippen LogP contribution in [0.5, 0.6) is 0 Å². The number of rotatable bonds is 7. The van der Waals surface area contributed by atoms with Crippen LogP contribution in [-0.2, 0) is 16.1 Å². The van der Waals surface area contributed by atoms with E-state index >= 15 is 0 Å². The Balaban J connectivity index is 1.41. The number of carbonyl (C=O) groups excluding carboxylic acids is 2. The highest BCUT2D eigenvalue weighted by atomic mass is 16.6. The van der Waals surface area contributed by atoms with Crippen LogP contribution in [0.4, 0.5) is 4.79 Å². The van der Waals surface area contributed by atoms with Crippen LogP contribution in [0.25, 0.3) is 0 Å². The van der Waals surface area contributed by atoms with Gasteiger partial charge in [0.15, 0.2) is 5.96 Å². The van der Waals surface area contributed by atoms with Crippen LogP contribution >= 0.6 is 0 Å². The normalized spacial score (nSPS) is 16.2. The third kappa shape index (κ3) is 8.15. The first-order valence-corrected chi connectivity index (χ1v) is 12.4. The van der Waals surface area contributed by atoms with Crippen LogP contribution in [0.1, 0.15) is 36.7 Å². The third-order valence-electron chi connectivity index (χ3n) is 5.83. The van der Waals surface area contributed by atoms with E-state index in [0.717, 1.165) is 23.8 Å². The summed E-state index contributed by atoms with van der Waals surface area (Å²) in [5.74, 6) is 1.54. The molecule has 1 N–H and O–H groups in total. The molecule has 1 aromatic carbocycles. The Hall–Kier alpha value is -3.27. The van der Waals surface area contributed by atoms with Crippen LogP contribution in [0.15, 0.2) is 41.2 Å². The molecule has 2 aliphatic rings. The lowest BCUT2D eigenvalue weighted by atomic mass is 10.1. The molecule has 0 spiro atoms. The van der Waals surface area contributed by atoms with Gasteiger partial charge in [-0.1, -0.05) is 12.1 Å². The highest BCUT2D eigenvalue weighted by Crippen LogP contribution is 2.14. The summed E-state index contributed by atoms with van der Waals surface area (Å²) in [5.41, 5.74) is 1.16. The minimum atomic E-state index is -0.494. The van der Waals surface area contributed by atoms with E-state index in [0.29, 0.717) is 51.4 Å². The third-order valence-corrected chi connectivity index (χ3v) is 5.83. The lowest BCUT2D eigenvalue weighted by molar-refractivity contribution is 0.0185. The van der Waals surface area contributed by atoms with E-state index in [1.54, 1.807) is 9.80 Å². The fourth-order valence-corrected chi connectivity index (χ4v) is 3.69. The van der Waals surface area contributed by atoms with Crippen molar-refractivity contribution >= 4 is 18.0 Å². The molecule has 10 nitrogen and oxygen atoms in total. The van der Waals surface area contributed by atoms with Crippen molar-refractivity contribution in [1.29, 1.82) is 0 Å². The number of likely N-dealkylation sites (N-methyl/N-ethyl adjacent to an activating group) is 2. The van der Waals surface area contributed by atoms with Crippen molar-refractivity contribution in [2.75, 3.05) is 67.0 Å². The molecule has 0 radical (unpaired) electrons. The number of piperazine rings is 1. The Kier molecular flexibility index (Phi) is 9.19. The van der Waals surface area contributed by atoms with Gasteiger partial charge in [-0.2, -0.15) is 0 Å². The number of nitrogens with one attached hydrogen (secondary N) is 1. The van der Waals surface area contributed by atoms with Gasteiger partial charge < -0.3 is 34.4 Å². The molecule has 3 rings (SSSR count). The Morgan fingerprint density at radius 2 is 1.69 bits per heavy atom. The lowest BCUT2D eigenvalue weighted by Crippen LogP contribution is -2.54. The summed E-state index contributed by atoms with van der Waals surface area (Å²) in [6.07, 6.45) is 1.56. The highest BCUT2D eigenvalue weighted by molar-refractivity contribution is 5.94. The number of hydrogen-bond donors (Lipinski definition) is 1. The first-order chi connectivity index (χ1) is 17.0. The number of nitrogens with zero attached hydrogens (tertiary/aromatic N) is 5. The molecule has 2 amide bonds. The molecule has 2 heterocycles. The number of aliphatic imine (C=N–C) groups is 1. The predicted octanol–water partition coefficient (Wildman–Crippen LogP) is 2.19. The van der Waals surface area contributed by atoms with Gasteiger partial charge in [0.1, 0.15) is 24.5 Å². The molecule has 0 unspecified atom stereocenters. The minimum Gasteiger partial charge on any atom is -0.490 e. The van der Waals surface area contributed by atoms with Crippen LogP contribution < -0.4 is 5.32 Å². The summed E-state index contributed by atoms with van der Waals surface area (Å²) in [5, 5.41) is 3.21. The van der Waals surface area contributed by atoms with Gasteiger partial charge in [0, 0.05) is 58.1 Å². The summed E-state index contributed by atoms with van der Waals surface area (Å²) in [4.78, 5) is 37.1. The topological polar surface area (TPSA) is 90.0 Å². The number of carbonyl (C=O) groups is 2. The second-order valence-corrected chi connectivity index (χ2v) is 10.4. The van der Waals surface area contributed by atoms with Crippen molar-refractivity contribution in [2.45, 2.75) is 33.0 Å². The van der Waals surface area contributed by atoms with E-state index in [1.165, 1.54) is 0 Å². The van der Waals surface area contributed by atoms with Crippen LogP contribution in [0.2, 0.25) is 0 Å². The highest BCUT2D eigenvalue weighted by Gasteiger charge is 2.27. The molecule has 0 aliphatic carbocycles. The largest absolute Gasteiger partial charge is 0.490 e. The Labute approximate surface area is 214 Å². The van der Waals surface area contributed by atoms with Crippen molar-refractivity contribution in [1.82, 2.24) is 24.9 Å². The fraction of sp³-hybridized carbons (Fsp3) is 0.577. The molecular formula is C26H40N6O4. The summed E-state index contributed by atoms with van der Waals surface area (Å²) in [6, 6.07) is 7.52. The Morgan fingerprint density at radius 1 is 1.03 bits per heavy atom. The van der Waals surface area contributed by atoms with Crippen LogP contribution in [0, 0.1) is 0 Å². The molecule has 0 bridgehead atoms. The number of benzene rings is 1. The zero-order chi connectivity index (χ0) is 26.3. The first-order valence-electron chi connectivity index (χ1n) is 12.4. The number of hydrogen-bond acceptors (Lipinski definition) is 8.